The first-order valence-electron chi connectivity index (χ1n) is 7.91. The second-order valence-corrected chi connectivity index (χ2v) is 5.69. The Bertz CT molecular complexity index is 214. The van der Waals surface area contributed by atoms with Gasteiger partial charge in [0.2, 0.25) is 0 Å². The quantitative estimate of drug-likeness (QED) is 0.608. The minimum atomic E-state index is 0.749. The Balaban J connectivity index is 1.93. The molecule has 1 aliphatic heterocycles. The molecule has 0 aromatic carbocycles. The molecule has 1 aliphatic rings. The molecule has 1 saturated heterocycles. The molecule has 4 heteroatoms. The summed E-state index contributed by atoms with van der Waals surface area (Å²) in [7, 11) is 4.50. The van der Waals surface area contributed by atoms with Gasteiger partial charge in [0.15, 0.2) is 0 Å². The van der Waals surface area contributed by atoms with Crippen LogP contribution in [0, 0.1) is 0 Å². The fraction of sp³-hybridized carbons (Fsp3) is 1.00. The average molecular weight is 271 g/mol. The number of rotatable bonds is 10. The van der Waals surface area contributed by atoms with Crippen molar-refractivity contribution in [2.45, 2.75) is 38.6 Å². The molecule has 1 N–H and O–H groups in total. The highest BCUT2D eigenvalue weighted by atomic mass is 16.5. The first kappa shape index (κ1) is 16.9. The predicted molar refractivity (Wildman–Crippen MR) is 81.7 cm³/mol. The van der Waals surface area contributed by atoms with Crippen LogP contribution >= 0.6 is 0 Å². The molecule has 1 atom stereocenters. The topological polar surface area (TPSA) is 27.7 Å². The molecule has 0 bridgehead atoms. The molecule has 0 aromatic heterocycles. The number of nitrogens with one attached hydrogen (secondary N) is 1. The van der Waals surface area contributed by atoms with E-state index in [4.69, 9.17) is 4.74 Å². The summed E-state index contributed by atoms with van der Waals surface area (Å²) in [5, 5.41) is 3.53. The van der Waals surface area contributed by atoms with Crippen molar-refractivity contribution in [3.8, 4) is 0 Å². The van der Waals surface area contributed by atoms with E-state index in [0.717, 1.165) is 38.9 Å². The smallest absolute Gasteiger partial charge is 0.0466 e. The summed E-state index contributed by atoms with van der Waals surface area (Å²) in [6, 6.07) is 0.749. The van der Waals surface area contributed by atoms with Crippen LogP contribution in [0.3, 0.4) is 0 Å². The van der Waals surface area contributed by atoms with Gasteiger partial charge in [-0.05, 0) is 59.8 Å². The van der Waals surface area contributed by atoms with E-state index in [1.165, 1.54) is 38.8 Å². The second kappa shape index (κ2) is 10.6. The molecule has 1 rings (SSSR count). The Labute approximate surface area is 119 Å². The molecule has 4 nitrogen and oxygen atoms in total. The van der Waals surface area contributed by atoms with Crippen molar-refractivity contribution in [3.05, 3.63) is 0 Å². The van der Waals surface area contributed by atoms with Gasteiger partial charge in [0.05, 0.1) is 0 Å². The summed E-state index contributed by atoms with van der Waals surface area (Å²) in [6.45, 7) is 9.67. The van der Waals surface area contributed by atoms with Gasteiger partial charge in [-0.25, -0.2) is 0 Å². The lowest BCUT2D eigenvalue weighted by Gasteiger charge is -2.35. The monoisotopic (exact) mass is 271 g/mol. The number of nitrogens with zero attached hydrogens (tertiary/aromatic N) is 2. The van der Waals surface area contributed by atoms with E-state index in [-0.39, 0.29) is 0 Å². The normalized spacial score (nSPS) is 21.2. The lowest BCUT2D eigenvalue weighted by Crippen LogP contribution is -2.46. The first-order chi connectivity index (χ1) is 9.24. The van der Waals surface area contributed by atoms with Gasteiger partial charge in [0.25, 0.3) is 0 Å². The standard InChI is InChI=1S/C15H33N3O/c1-4-19-13-6-5-9-16-10-12-18(3)15-8-7-11-17(2)14-15/h15-16H,4-14H2,1-3H3. The van der Waals surface area contributed by atoms with Crippen LogP contribution in [0.5, 0.6) is 0 Å². The van der Waals surface area contributed by atoms with Crippen LogP contribution in [-0.2, 0) is 4.74 Å². The van der Waals surface area contributed by atoms with Crippen molar-refractivity contribution in [2.75, 3.05) is 60.0 Å². The van der Waals surface area contributed by atoms with Crippen LogP contribution in [-0.4, -0.2) is 75.9 Å². The van der Waals surface area contributed by atoms with Crippen LogP contribution in [0.1, 0.15) is 32.6 Å². The maximum absolute atomic E-state index is 5.33. The highest BCUT2D eigenvalue weighted by molar-refractivity contribution is 4.77. The summed E-state index contributed by atoms with van der Waals surface area (Å²) in [5.74, 6) is 0. The number of unbranched alkanes of at least 4 members (excludes halogenated alkanes) is 1. The summed E-state index contributed by atoms with van der Waals surface area (Å²) < 4.78 is 5.33. The summed E-state index contributed by atoms with van der Waals surface area (Å²) in [6.07, 6.45) is 5.09. The fourth-order valence-electron chi connectivity index (χ4n) is 2.66. The van der Waals surface area contributed by atoms with E-state index in [0.29, 0.717) is 0 Å². The Morgan fingerprint density at radius 3 is 2.89 bits per heavy atom. The van der Waals surface area contributed by atoms with E-state index in [9.17, 15) is 0 Å². The van der Waals surface area contributed by atoms with Gasteiger partial charge >= 0.3 is 0 Å². The van der Waals surface area contributed by atoms with Gasteiger partial charge in [-0.3, -0.25) is 0 Å². The Kier molecular flexibility index (Phi) is 9.43. The maximum Gasteiger partial charge on any atom is 0.0466 e. The van der Waals surface area contributed by atoms with Crippen molar-refractivity contribution in [1.29, 1.82) is 0 Å². The SMILES string of the molecule is CCOCCCCNCCN(C)C1CCCN(C)C1. The van der Waals surface area contributed by atoms with Crippen LogP contribution in [0.2, 0.25) is 0 Å². The minimum Gasteiger partial charge on any atom is -0.382 e. The van der Waals surface area contributed by atoms with Crippen molar-refractivity contribution in [2.24, 2.45) is 0 Å². The Hall–Kier alpha value is -0.160. The molecule has 0 amide bonds. The molecule has 0 saturated carbocycles. The molecule has 114 valence electrons. The lowest BCUT2D eigenvalue weighted by molar-refractivity contribution is 0.134. The van der Waals surface area contributed by atoms with Gasteiger partial charge in [0, 0.05) is 38.9 Å². The lowest BCUT2D eigenvalue weighted by atomic mass is 10.1. The zero-order valence-electron chi connectivity index (χ0n) is 13.2. The maximum atomic E-state index is 5.33. The van der Waals surface area contributed by atoms with Gasteiger partial charge < -0.3 is 19.9 Å². The summed E-state index contributed by atoms with van der Waals surface area (Å²) >= 11 is 0. The third-order valence-corrected chi connectivity index (χ3v) is 3.96. The average Bonchev–Trinajstić information content (AvgIpc) is 2.41. The largest absolute Gasteiger partial charge is 0.382 e. The molecule has 0 spiro atoms. The molecule has 0 aliphatic carbocycles. The number of hydrogen-bond acceptors (Lipinski definition) is 4. The Morgan fingerprint density at radius 1 is 1.32 bits per heavy atom. The molecule has 1 heterocycles. The third-order valence-electron chi connectivity index (χ3n) is 3.96. The summed E-state index contributed by atoms with van der Waals surface area (Å²) in [4.78, 5) is 4.97. The second-order valence-electron chi connectivity index (χ2n) is 5.69. The van der Waals surface area contributed by atoms with Crippen LogP contribution < -0.4 is 5.32 Å². The van der Waals surface area contributed by atoms with E-state index < -0.39 is 0 Å². The van der Waals surface area contributed by atoms with Gasteiger partial charge in [-0.2, -0.15) is 0 Å². The number of ether oxygens (including phenoxy) is 1. The van der Waals surface area contributed by atoms with Gasteiger partial charge in [-0.15, -0.1) is 0 Å². The van der Waals surface area contributed by atoms with E-state index in [1.807, 2.05) is 0 Å². The zero-order valence-corrected chi connectivity index (χ0v) is 13.2. The fourth-order valence-corrected chi connectivity index (χ4v) is 2.66. The van der Waals surface area contributed by atoms with Crippen molar-refractivity contribution in [3.63, 3.8) is 0 Å². The van der Waals surface area contributed by atoms with Gasteiger partial charge in [0.1, 0.15) is 0 Å². The Morgan fingerprint density at radius 2 is 2.16 bits per heavy atom. The number of piperidine rings is 1. The van der Waals surface area contributed by atoms with Crippen molar-refractivity contribution < 1.29 is 4.74 Å². The highest BCUT2D eigenvalue weighted by Gasteiger charge is 2.20. The summed E-state index contributed by atoms with van der Waals surface area (Å²) in [5.41, 5.74) is 0. The zero-order chi connectivity index (χ0) is 13.9. The number of likely N-dealkylation sites (N-methyl/N-ethyl adjacent to an activating group) is 2. The number of hydrogen-bond donors (Lipinski definition) is 1. The van der Waals surface area contributed by atoms with E-state index >= 15 is 0 Å². The van der Waals surface area contributed by atoms with Gasteiger partial charge in [-0.1, -0.05) is 0 Å². The third kappa shape index (κ3) is 7.88. The van der Waals surface area contributed by atoms with Crippen LogP contribution in [0.4, 0.5) is 0 Å². The predicted octanol–water partition coefficient (Wildman–Crippen LogP) is 1.42. The highest BCUT2D eigenvalue weighted by Crippen LogP contribution is 2.12. The first-order valence-corrected chi connectivity index (χ1v) is 7.91. The molecule has 19 heavy (non-hydrogen) atoms. The molecular formula is C15H33N3O. The molecular weight excluding hydrogens is 238 g/mol. The van der Waals surface area contributed by atoms with E-state index in [2.05, 4.69) is 36.1 Å². The molecule has 1 fully saturated rings. The van der Waals surface area contributed by atoms with Crippen molar-refractivity contribution in [1.82, 2.24) is 15.1 Å². The molecule has 0 aromatic rings. The molecule has 1 unspecified atom stereocenters. The van der Waals surface area contributed by atoms with E-state index in [1.54, 1.807) is 0 Å². The van der Waals surface area contributed by atoms with Crippen LogP contribution in [0.25, 0.3) is 0 Å². The van der Waals surface area contributed by atoms with Crippen LogP contribution in [0.15, 0.2) is 0 Å². The number of likely N-dealkylation sites (tertiary alicyclic amines) is 1. The molecule has 0 radical (unpaired) electrons. The van der Waals surface area contributed by atoms with Crippen molar-refractivity contribution >= 4 is 0 Å². The minimum absolute atomic E-state index is 0.749.